The maximum Gasteiger partial charge on any atom is 0.354 e. The number of hydrogen-bond acceptors (Lipinski definition) is 3. The van der Waals surface area contributed by atoms with Crippen LogP contribution in [0.1, 0.15) is 32.6 Å². The summed E-state index contributed by atoms with van der Waals surface area (Å²) in [6, 6.07) is -0.256. The first-order valence-electron chi connectivity index (χ1n) is 5.49. The zero-order valence-electron chi connectivity index (χ0n) is 9.56. The van der Waals surface area contributed by atoms with E-state index < -0.39 is 20.7 Å². The Balaban J connectivity index is 2.80. The van der Waals surface area contributed by atoms with Crippen molar-refractivity contribution in [2.75, 3.05) is 0 Å². The van der Waals surface area contributed by atoms with E-state index in [0.717, 1.165) is 19.3 Å². The summed E-state index contributed by atoms with van der Waals surface area (Å²) >= 11 is 0. The van der Waals surface area contributed by atoms with Gasteiger partial charge in [0.05, 0.1) is 0 Å². The van der Waals surface area contributed by atoms with Gasteiger partial charge in [0.25, 0.3) is 0 Å². The SMILES string of the molecule is CC1CCCCC1NC(P(=O)(O)O)P(=O)(O)O. The summed E-state index contributed by atoms with van der Waals surface area (Å²) in [6.07, 6.45) is 3.51. The summed E-state index contributed by atoms with van der Waals surface area (Å²) in [6.45, 7) is 1.91. The van der Waals surface area contributed by atoms with Gasteiger partial charge in [-0.15, -0.1) is 0 Å². The van der Waals surface area contributed by atoms with Crippen molar-refractivity contribution in [1.82, 2.24) is 5.32 Å². The molecule has 0 spiro atoms. The minimum Gasteiger partial charge on any atom is -0.323 e. The zero-order chi connectivity index (χ0) is 13.3. The number of hydrogen-bond donors (Lipinski definition) is 5. The van der Waals surface area contributed by atoms with Crippen molar-refractivity contribution in [2.24, 2.45) is 5.92 Å². The van der Waals surface area contributed by atoms with Crippen molar-refractivity contribution in [3.8, 4) is 0 Å². The fourth-order valence-corrected chi connectivity index (χ4v) is 4.48. The Kier molecular flexibility index (Phi) is 4.95. The maximum atomic E-state index is 11.1. The second-order valence-corrected chi connectivity index (χ2v) is 8.38. The third-order valence-corrected chi connectivity index (χ3v) is 6.49. The minimum absolute atomic E-state index is 0.157. The molecule has 1 aliphatic carbocycles. The van der Waals surface area contributed by atoms with Gasteiger partial charge in [0.1, 0.15) is 0 Å². The summed E-state index contributed by atoms with van der Waals surface area (Å²) < 4.78 is 22.2. The summed E-state index contributed by atoms with van der Waals surface area (Å²) in [5.41, 5.74) is -2.08. The number of nitrogens with one attached hydrogen (secondary N) is 1. The molecule has 2 unspecified atom stereocenters. The molecule has 0 aromatic rings. The summed E-state index contributed by atoms with van der Waals surface area (Å²) in [5.74, 6) is 0.157. The lowest BCUT2D eigenvalue weighted by atomic mass is 9.86. The van der Waals surface area contributed by atoms with Crippen LogP contribution in [0.5, 0.6) is 0 Å². The van der Waals surface area contributed by atoms with Crippen LogP contribution in [0.2, 0.25) is 0 Å². The van der Waals surface area contributed by atoms with Gasteiger partial charge in [0, 0.05) is 6.04 Å². The Hall–Kier alpha value is 0.260. The van der Waals surface area contributed by atoms with E-state index in [9.17, 15) is 9.13 Å². The lowest BCUT2D eigenvalue weighted by Gasteiger charge is -2.33. The molecular weight excluding hydrogens is 268 g/mol. The van der Waals surface area contributed by atoms with E-state index in [1.54, 1.807) is 0 Å². The molecule has 17 heavy (non-hydrogen) atoms. The fourth-order valence-electron chi connectivity index (χ4n) is 2.15. The molecule has 0 aromatic carbocycles. The lowest BCUT2D eigenvalue weighted by molar-refractivity contribution is 0.260. The van der Waals surface area contributed by atoms with Crippen molar-refractivity contribution < 1.29 is 28.7 Å². The van der Waals surface area contributed by atoms with Crippen LogP contribution < -0.4 is 5.32 Å². The molecule has 9 heteroatoms. The average Bonchev–Trinajstić information content (AvgIpc) is 2.12. The van der Waals surface area contributed by atoms with Crippen molar-refractivity contribution in [3.05, 3.63) is 0 Å². The highest BCUT2D eigenvalue weighted by Crippen LogP contribution is 2.58. The van der Waals surface area contributed by atoms with E-state index >= 15 is 0 Å². The van der Waals surface area contributed by atoms with Gasteiger partial charge in [-0.1, -0.05) is 19.8 Å². The van der Waals surface area contributed by atoms with E-state index in [1.165, 1.54) is 0 Å². The van der Waals surface area contributed by atoms with Gasteiger partial charge in [-0.25, -0.2) is 0 Å². The van der Waals surface area contributed by atoms with Gasteiger partial charge in [-0.05, 0) is 18.8 Å². The van der Waals surface area contributed by atoms with E-state index in [4.69, 9.17) is 19.6 Å². The summed E-state index contributed by atoms with van der Waals surface area (Å²) in [7, 11) is -9.73. The van der Waals surface area contributed by atoms with E-state index in [1.807, 2.05) is 6.92 Å². The van der Waals surface area contributed by atoms with E-state index in [2.05, 4.69) is 5.32 Å². The van der Waals surface area contributed by atoms with Crippen LogP contribution in [0.4, 0.5) is 0 Å². The van der Waals surface area contributed by atoms with Gasteiger partial charge >= 0.3 is 15.2 Å². The third kappa shape index (κ3) is 4.45. The molecule has 0 radical (unpaired) electrons. The van der Waals surface area contributed by atoms with Crippen molar-refractivity contribution in [1.29, 1.82) is 0 Å². The second kappa shape index (κ2) is 5.49. The largest absolute Gasteiger partial charge is 0.354 e. The molecule has 1 rings (SSSR count). The smallest absolute Gasteiger partial charge is 0.323 e. The first-order valence-corrected chi connectivity index (χ1v) is 8.85. The van der Waals surface area contributed by atoms with Crippen LogP contribution in [0, 0.1) is 5.92 Å². The Morgan fingerprint density at radius 2 is 1.53 bits per heavy atom. The standard InChI is InChI=1S/C8H19NO6P2/c1-6-4-2-3-5-7(6)9-8(16(10,11)12)17(13,14)15/h6-9H,2-5H2,1H3,(H2,10,11,12)(H2,13,14,15). The van der Waals surface area contributed by atoms with Crippen LogP contribution in [-0.4, -0.2) is 31.1 Å². The highest BCUT2D eigenvalue weighted by Gasteiger charge is 2.45. The van der Waals surface area contributed by atoms with Gasteiger partial charge in [-0.3, -0.25) is 14.4 Å². The molecule has 0 aliphatic heterocycles. The molecule has 1 saturated carbocycles. The Labute approximate surface area is 99.9 Å². The first-order chi connectivity index (χ1) is 7.62. The molecule has 0 aromatic heterocycles. The van der Waals surface area contributed by atoms with Gasteiger partial charge < -0.3 is 19.6 Å². The highest BCUT2D eigenvalue weighted by atomic mass is 31.2. The molecule has 0 saturated heterocycles. The summed E-state index contributed by atoms with van der Waals surface area (Å²) in [4.78, 5) is 35.9. The average molecular weight is 287 g/mol. The van der Waals surface area contributed by atoms with Crippen LogP contribution in [0.3, 0.4) is 0 Å². The van der Waals surface area contributed by atoms with Crippen LogP contribution in [0.25, 0.3) is 0 Å². The first kappa shape index (κ1) is 15.3. The third-order valence-electron chi connectivity index (χ3n) is 3.11. The van der Waals surface area contributed by atoms with Crippen molar-refractivity contribution >= 4 is 15.2 Å². The van der Waals surface area contributed by atoms with Crippen LogP contribution >= 0.6 is 15.2 Å². The molecule has 2 atom stereocenters. The Bertz CT molecular complexity index is 328. The van der Waals surface area contributed by atoms with Crippen LogP contribution in [0.15, 0.2) is 0 Å². The minimum atomic E-state index is -4.86. The zero-order valence-corrected chi connectivity index (χ0v) is 11.3. The highest BCUT2D eigenvalue weighted by molar-refractivity contribution is 7.70. The van der Waals surface area contributed by atoms with E-state index in [0.29, 0.717) is 6.42 Å². The summed E-state index contributed by atoms with van der Waals surface area (Å²) in [5, 5.41) is 2.46. The molecule has 102 valence electrons. The molecule has 7 nitrogen and oxygen atoms in total. The molecule has 0 bridgehead atoms. The van der Waals surface area contributed by atoms with Crippen LogP contribution in [-0.2, 0) is 9.13 Å². The van der Waals surface area contributed by atoms with Gasteiger partial charge in [0.15, 0.2) is 0 Å². The molecule has 5 N–H and O–H groups in total. The fraction of sp³-hybridized carbons (Fsp3) is 1.00. The molecule has 1 fully saturated rings. The van der Waals surface area contributed by atoms with Crippen molar-refractivity contribution in [2.45, 2.75) is 44.2 Å². The van der Waals surface area contributed by atoms with E-state index in [-0.39, 0.29) is 12.0 Å². The predicted molar refractivity (Wildman–Crippen MR) is 62.4 cm³/mol. The maximum absolute atomic E-state index is 11.1. The topological polar surface area (TPSA) is 127 Å². The predicted octanol–water partition coefficient (Wildman–Crippen LogP) is 0.794. The Morgan fingerprint density at radius 3 is 1.94 bits per heavy atom. The Morgan fingerprint density at radius 1 is 1.06 bits per heavy atom. The number of rotatable bonds is 4. The lowest BCUT2D eigenvalue weighted by Crippen LogP contribution is -2.43. The normalized spacial score (nSPS) is 27.4. The monoisotopic (exact) mass is 287 g/mol. The van der Waals surface area contributed by atoms with Crippen molar-refractivity contribution in [3.63, 3.8) is 0 Å². The second-order valence-electron chi connectivity index (χ2n) is 4.59. The molecule has 0 amide bonds. The van der Waals surface area contributed by atoms with Gasteiger partial charge in [-0.2, -0.15) is 0 Å². The molecule has 0 heterocycles. The molecular formula is C8H19NO6P2. The quantitative estimate of drug-likeness (QED) is 0.484. The molecule has 1 aliphatic rings. The van der Waals surface area contributed by atoms with Gasteiger partial charge in [0.2, 0.25) is 5.52 Å².